The zero-order valence-corrected chi connectivity index (χ0v) is 19.6. The Labute approximate surface area is 189 Å². The maximum atomic E-state index is 13.2. The van der Waals surface area contributed by atoms with Gasteiger partial charge in [-0.05, 0) is 82.2 Å². The highest BCUT2D eigenvalue weighted by Gasteiger charge is 2.24. The summed E-state index contributed by atoms with van der Waals surface area (Å²) < 4.78 is 19.1. The van der Waals surface area contributed by atoms with Crippen molar-refractivity contribution in [3.05, 3.63) is 52.7 Å². The van der Waals surface area contributed by atoms with Crippen LogP contribution in [-0.2, 0) is 7.05 Å². The number of ether oxygens (including phenoxy) is 3. The predicted molar refractivity (Wildman–Crippen MR) is 128 cm³/mol. The molecule has 3 aromatic rings. The van der Waals surface area contributed by atoms with E-state index in [0.29, 0.717) is 22.9 Å². The lowest BCUT2D eigenvalue weighted by Gasteiger charge is -2.32. The van der Waals surface area contributed by atoms with Crippen LogP contribution in [0.2, 0.25) is 0 Å². The fraction of sp³-hybridized carbons (Fsp3) is 0.423. The van der Waals surface area contributed by atoms with E-state index < -0.39 is 0 Å². The van der Waals surface area contributed by atoms with Gasteiger partial charge in [-0.2, -0.15) is 0 Å². The largest absolute Gasteiger partial charge is 0.497 e. The lowest BCUT2D eigenvalue weighted by molar-refractivity contribution is 0.111. The molecule has 170 valence electrons. The van der Waals surface area contributed by atoms with Crippen molar-refractivity contribution in [3.8, 4) is 28.5 Å². The van der Waals surface area contributed by atoms with Crippen molar-refractivity contribution < 1.29 is 14.2 Å². The van der Waals surface area contributed by atoms with Gasteiger partial charge >= 0.3 is 0 Å². The second-order valence-corrected chi connectivity index (χ2v) is 8.69. The second kappa shape index (κ2) is 9.25. The first-order chi connectivity index (χ1) is 15.4. The molecule has 0 unspecified atom stereocenters. The van der Waals surface area contributed by atoms with Gasteiger partial charge in [-0.3, -0.25) is 4.79 Å². The standard InChI is InChI=1S/C26H32N2O4/c1-27(2)18-8-12-20(13-9-18)32-19-10-6-17(7-11-19)24-26(31-5)25(29)22-16-21(30-4)14-15-23(22)28(24)3/h6-7,10-11,14-16,18,20H,8-9,12-13H2,1-5H3. The maximum absolute atomic E-state index is 13.2. The highest BCUT2D eigenvalue weighted by atomic mass is 16.5. The van der Waals surface area contributed by atoms with Crippen molar-refractivity contribution in [2.45, 2.75) is 37.8 Å². The van der Waals surface area contributed by atoms with Crippen molar-refractivity contribution >= 4 is 10.9 Å². The minimum absolute atomic E-state index is 0.146. The van der Waals surface area contributed by atoms with E-state index in [-0.39, 0.29) is 11.5 Å². The molecule has 0 saturated heterocycles. The summed E-state index contributed by atoms with van der Waals surface area (Å²) in [5, 5.41) is 0.570. The summed E-state index contributed by atoms with van der Waals surface area (Å²) in [6.07, 6.45) is 4.72. The van der Waals surface area contributed by atoms with Crippen molar-refractivity contribution in [2.24, 2.45) is 7.05 Å². The van der Waals surface area contributed by atoms with Gasteiger partial charge in [0, 0.05) is 18.7 Å². The van der Waals surface area contributed by atoms with Gasteiger partial charge in [0.25, 0.3) is 0 Å². The average molecular weight is 437 g/mol. The molecule has 0 aliphatic heterocycles. The summed E-state index contributed by atoms with van der Waals surface area (Å²) in [7, 11) is 9.37. The summed E-state index contributed by atoms with van der Waals surface area (Å²) in [5.41, 5.74) is 2.33. The number of aromatic nitrogens is 1. The molecule has 1 aliphatic carbocycles. The maximum Gasteiger partial charge on any atom is 0.231 e. The van der Waals surface area contributed by atoms with Gasteiger partial charge in [0.05, 0.1) is 36.9 Å². The van der Waals surface area contributed by atoms with Crippen LogP contribution in [0.4, 0.5) is 0 Å². The smallest absolute Gasteiger partial charge is 0.231 e. The Morgan fingerprint density at radius 3 is 2.16 bits per heavy atom. The van der Waals surface area contributed by atoms with Crippen LogP contribution in [0.15, 0.2) is 47.3 Å². The zero-order valence-electron chi connectivity index (χ0n) is 19.6. The lowest BCUT2D eigenvalue weighted by Crippen LogP contribution is -2.35. The van der Waals surface area contributed by atoms with Crippen molar-refractivity contribution in [3.63, 3.8) is 0 Å². The van der Waals surface area contributed by atoms with Crippen LogP contribution in [0, 0.1) is 0 Å². The molecule has 1 heterocycles. The highest BCUT2D eigenvalue weighted by Crippen LogP contribution is 2.33. The van der Waals surface area contributed by atoms with Crippen LogP contribution in [0.1, 0.15) is 25.7 Å². The van der Waals surface area contributed by atoms with E-state index in [1.165, 1.54) is 7.11 Å². The third-order valence-electron chi connectivity index (χ3n) is 6.58. The Hall–Kier alpha value is -2.99. The van der Waals surface area contributed by atoms with E-state index in [9.17, 15) is 4.79 Å². The number of hydrogen-bond acceptors (Lipinski definition) is 5. The molecule has 1 aromatic heterocycles. The fourth-order valence-electron chi connectivity index (χ4n) is 4.70. The summed E-state index contributed by atoms with van der Waals surface area (Å²) in [5.74, 6) is 1.82. The molecule has 0 atom stereocenters. The van der Waals surface area contributed by atoms with Gasteiger partial charge in [-0.15, -0.1) is 0 Å². The van der Waals surface area contributed by atoms with Gasteiger partial charge in [-0.25, -0.2) is 0 Å². The molecule has 0 spiro atoms. The van der Waals surface area contributed by atoms with Gasteiger partial charge in [-0.1, -0.05) is 0 Å². The third-order valence-corrected chi connectivity index (χ3v) is 6.58. The lowest BCUT2D eigenvalue weighted by atomic mass is 9.92. The minimum Gasteiger partial charge on any atom is -0.497 e. The average Bonchev–Trinajstić information content (AvgIpc) is 2.82. The number of aryl methyl sites for hydroxylation is 1. The second-order valence-electron chi connectivity index (χ2n) is 8.69. The van der Waals surface area contributed by atoms with Crippen LogP contribution in [0.5, 0.6) is 17.2 Å². The van der Waals surface area contributed by atoms with Crippen LogP contribution in [0.3, 0.4) is 0 Å². The Kier molecular flexibility index (Phi) is 6.42. The third kappa shape index (κ3) is 4.19. The first-order valence-electron chi connectivity index (χ1n) is 11.1. The van der Waals surface area contributed by atoms with Gasteiger partial charge in [0.15, 0.2) is 5.75 Å². The molecule has 0 radical (unpaired) electrons. The molecule has 1 aliphatic rings. The van der Waals surface area contributed by atoms with E-state index >= 15 is 0 Å². The molecular weight excluding hydrogens is 404 g/mol. The van der Waals surface area contributed by atoms with Crippen LogP contribution in [0.25, 0.3) is 22.2 Å². The van der Waals surface area contributed by atoms with Crippen molar-refractivity contribution in [1.82, 2.24) is 9.47 Å². The van der Waals surface area contributed by atoms with E-state index in [1.807, 2.05) is 48.0 Å². The van der Waals surface area contributed by atoms with Crippen molar-refractivity contribution in [1.29, 1.82) is 0 Å². The minimum atomic E-state index is -0.146. The summed E-state index contributed by atoms with van der Waals surface area (Å²) >= 11 is 0. The topological polar surface area (TPSA) is 52.9 Å². The number of rotatable bonds is 6. The molecule has 0 bridgehead atoms. The molecule has 1 fully saturated rings. The van der Waals surface area contributed by atoms with Crippen LogP contribution in [-0.4, -0.2) is 49.9 Å². The summed E-state index contributed by atoms with van der Waals surface area (Å²) in [6.45, 7) is 0. The van der Waals surface area contributed by atoms with Gasteiger partial charge < -0.3 is 23.7 Å². The van der Waals surface area contributed by atoms with E-state index in [0.717, 1.165) is 48.2 Å². The monoisotopic (exact) mass is 436 g/mol. The Bertz CT molecular complexity index is 1140. The van der Waals surface area contributed by atoms with Crippen molar-refractivity contribution in [2.75, 3.05) is 28.3 Å². The molecule has 1 saturated carbocycles. The summed E-state index contributed by atoms with van der Waals surface area (Å²) in [6, 6.07) is 14.1. The van der Waals surface area contributed by atoms with E-state index in [2.05, 4.69) is 19.0 Å². The molecule has 2 aromatic carbocycles. The van der Waals surface area contributed by atoms with Gasteiger partial charge in [0.2, 0.25) is 5.43 Å². The highest BCUT2D eigenvalue weighted by molar-refractivity contribution is 5.87. The number of nitrogens with zero attached hydrogens (tertiary/aromatic N) is 2. The zero-order chi connectivity index (χ0) is 22.8. The molecule has 0 amide bonds. The molecular formula is C26H32N2O4. The molecule has 0 N–H and O–H groups in total. The van der Waals surface area contributed by atoms with Crippen LogP contribution >= 0.6 is 0 Å². The quantitative estimate of drug-likeness (QED) is 0.571. The van der Waals surface area contributed by atoms with Gasteiger partial charge in [0.1, 0.15) is 11.5 Å². The predicted octanol–water partition coefficient (Wildman–Crippen LogP) is 4.47. The molecule has 32 heavy (non-hydrogen) atoms. The summed E-state index contributed by atoms with van der Waals surface area (Å²) in [4.78, 5) is 15.5. The number of benzene rings is 2. The van der Waals surface area contributed by atoms with E-state index in [1.54, 1.807) is 13.2 Å². The van der Waals surface area contributed by atoms with E-state index in [4.69, 9.17) is 14.2 Å². The SMILES string of the molecule is COc1ccc2c(c1)c(=O)c(OC)c(-c1ccc(OC3CCC(N(C)C)CC3)cc1)n2C. The number of fused-ring (bicyclic) bond motifs is 1. The molecule has 4 rings (SSSR count). The first kappa shape index (κ1) is 22.2. The Morgan fingerprint density at radius 2 is 1.56 bits per heavy atom. The number of pyridine rings is 1. The fourth-order valence-corrected chi connectivity index (χ4v) is 4.70. The first-order valence-corrected chi connectivity index (χ1v) is 11.1. The van der Waals surface area contributed by atoms with Crippen LogP contribution < -0.4 is 19.6 Å². The normalized spacial score (nSPS) is 18.7. The number of methoxy groups -OCH3 is 2. The Balaban J connectivity index is 1.62. The molecule has 6 nitrogen and oxygen atoms in total. The number of hydrogen-bond donors (Lipinski definition) is 0. The molecule has 6 heteroatoms. The Morgan fingerprint density at radius 1 is 0.906 bits per heavy atom.